The van der Waals surface area contributed by atoms with Crippen LogP contribution in [0.3, 0.4) is 0 Å². The summed E-state index contributed by atoms with van der Waals surface area (Å²) < 4.78 is 25.7. The second-order valence-electron chi connectivity index (χ2n) is 3.66. The van der Waals surface area contributed by atoms with Crippen LogP contribution >= 0.6 is 0 Å². The SMILES string of the molecule is NCc1ccccc1S(=O)(=O)N(CCO)CCO. The van der Waals surface area contributed by atoms with Crippen molar-refractivity contribution in [1.29, 1.82) is 0 Å². The fraction of sp³-hybridized carbons (Fsp3) is 0.455. The molecule has 4 N–H and O–H groups in total. The number of hydrogen-bond acceptors (Lipinski definition) is 5. The van der Waals surface area contributed by atoms with Crippen LogP contribution in [0.4, 0.5) is 0 Å². The molecule has 102 valence electrons. The normalized spacial score (nSPS) is 12.0. The number of benzene rings is 1. The zero-order chi connectivity index (χ0) is 13.6. The predicted molar refractivity (Wildman–Crippen MR) is 67.3 cm³/mol. The Morgan fingerprint density at radius 3 is 2.17 bits per heavy atom. The minimum Gasteiger partial charge on any atom is -0.395 e. The van der Waals surface area contributed by atoms with Crippen molar-refractivity contribution < 1.29 is 18.6 Å². The largest absolute Gasteiger partial charge is 0.395 e. The maximum atomic E-state index is 12.3. The van der Waals surface area contributed by atoms with Crippen molar-refractivity contribution in [2.24, 2.45) is 5.73 Å². The van der Waals surface area contributed by atoms with E-state index >= 15 is 0 Å². The van der Waals surface area contributed by atoms with Gasteiger partial charge in [-0.25, -0.2) is 8.42 Å². The minimum absolute atomic E-state index is 0.0538. The van der Waals surface area contributed by atoms with Gasteiger partial charge in [0.05, 0.1) is 18.1 Å². The molecule has 0 amide bonds. The molecule has 1 aromatic rings. The van der Waals surface area contributed by atoms with Crippen LogP contribution in [0.5, 0.6) is 0 Å². The van der Waals surface area contributed by atoms with E-state index in [9.17, 15) is 8.42 Å². The molecular weight excluding hydrogens is 256 g/mol. The molecule has 6 nitrogen and oxygen atoms in total. The molecule has 0 aliphatic carbocycles. The van der Waals surface area contributed by atoms with E-state index in [1.54, 1.807) is 18.2 Å². The summed E-state index contributed by atoms with van der Waals surface area (Å²) in [5.74, 6) is 0. The lowest BCUT2D eigenvalue weighted by Gasteiger charge is -2.21. The molecular formula is C11H18N2O4S. The fourth-order valence-corrected chi connectivity index (χ4v) is 3.29. The summed E-state index contributed by atoms with van der Waals surface area (Å²) in [5.41, 5.74) is 6.03. The molecule has 18 heavy (non-hydrogen) atoms. The third kappa shape index (κ3) is 3.27. The van der Waals surface area contributed by atoms with Crippen molar-refractivity contribution in [2.45, 2.75) is 11.4 Å². The Morgan fingerprint density at radius 1 is 1.11 bits per heavy atom. The molecule has 0 spiro atoms. The van der Waals surface area contributed by atoms with Crippen LogP contribution in [0.15, 0.2) is 29.2 Å². The summed E-state index contributed by atoms with van der Waals surface area (Å²) in [6.07, 6.45) is 0. The van der Waals surface area contributed by atoms with E-state index in [1.165, 1.54) is 6.07 Å². The topological polar surface area (TPSA) is 104 Å². The Hall–Kier alpha value is -0.990. The van der Waals surface area contributed by atoms with E-state index in [2.05, 4.69) is 0 Å². The van der Waals surface area contributed by atoms with Gasteiger partial charge in [0.1, 0.15) is 0 Å². The van der Waals surface area contributed by atoms with E-state index in [0.717, 1.165) is 4.31 Å². The maximum Gasteiger partial charge on any atom is 0.243 e. The molecule has 0 aromatic heterocycles. The molecule has 0 aliphatic rings. The summed E-state index contributed by atoms with van der Waals surface area (Å²) >= 11 is 0. The molecule has 0 unspecified atom stereocenters. The van der Waals surface area contributed by atoms with Crippen molar-refractivity contribution in [3.8, 4) is 0 Å². The first-order chi connectivity index (χ1) is 8.57. The van der Waals surface area contributed by atoms with Crippen LogP contribution in [0.1, 0.15) is 5.56 Å². The first kappa shape index (κ1) is 15.1. The van der Waals surface area contributed by atoms with Crippen LogP contribution in [-0.4, -0.2) is 49.2 Å². The van der Waals surface area contributed by atoms with Crippen molar-refractivity contribution in [3.63, 3.8) is 0 Å². The van der Waals surface area contributed by atoms with Crippen molar-refractivity contribution in [2.75, 3.05) is 26.3 Å². The molecule has 0 heterocycles. The van der Waals surface area contributed by atoms with Crippen LogP contribution in [0, 0.1) is 0 Å². The van der Waals surface area contributed by atoms with Crippen LogP contribution in [0.2, 0.25) is 0 Å². The van der Waals surface area contributed by atoms with Gasteiger partial charge in [0.2, 0.25) is 10.0 Å². The summed E-state index contributed by atoms with van der Waals surface area (Å²) in [5, 5.41) is 17.8. The van der Waals surface area contributed by atoms with Gasteiger partial charge < -0.3 is 15.9 Å². The number of aliphatic hydroxyl groups is 2. The standard InChI is InChI=1S/C11H18N2O4S/c12-9-10-3-1-2-4-11(10)18(16,17)13(5-7-14)6-8-15/h1-4,14-15H,5-9,12H2. The molecule has 0 fully saturated rings. The lowest BCUT2D eigenvalue weighted by Crippen LogP contribution is -2.36. The van der Waals surface area contributed by atoms with Gasteiger partial charge in [-0.1, -0.05) is 18.2 Å². The highest BCUT2D eigenvalue weighted by Gasteiger charge is 2.25. The average molecular weight is 274 g/mol. The second kappa shape index (κ2) is 6.81. The van der Waals surface area contributed by atoms with Gasteiger partial charge in [-0.3, -0.25) is 0 Å². The van der Waals surface area contributed by atoms with E-state index in [4.69, 9.17) is 15.9 Å². The van der Waals surface area contributed by atoms with Gasteiger partial charge in [0, 0.05) is 19.6 Å². The molecule has 0 saturated heterocycles. The highest BCUT2D eigenvalue weighted by molar-refractivity contribution is 7.89. The first-order valence-corrected chi connectivity index (χ1v) is 7.01. The molecule has 0 bridgehead atoms. The van der Waals surface area contributed by atoms with Gasteiger partial charge in [-0.05, 0) is 11.6 Å². The quantitative estimate of drug-likeness (QED) is 0.599. The van der Waals surface area contributed by atoms with Crippen molar-refractivity contribution in [3.05, 3.63) is 29.8 Å². The van der Waals surface area contributed by atoms with Gasteiger partial charge in [-0.2, -0.15) is 4.31 Å². The molecule has 0 saturated carbocycles. The average Bonchev–Trinajstić information content (AvgIpc) is 2.38. The minimum atomic E-state index is -3.73. The lowest BCUT2D eigenvalue weighted by atomic mass is 10.2. The van der Waals surface area contributed by atoms with Crippen molar-refractivity contribution >= 4 is 10.0 Å². The molecule has 0 radical (unpaired) electrons. The molecule has 0 aliphatic heterocycles. The smallest absolute Gasteiger partial charge is 0.243 e. The molecule has 1 aromatic carbocycles. The highest BCUT2D eigenvalue weighted by atomic mass is 32.2. The molecule has 7 heteroatoms. The third-order valence-electron chi connectivity index (χ3n) is 2.51. The first-order valence-electron chi connectivity index (χ1n) is 5.57. The number of nitrogens with two attached hydrogens (primary N) is 1. The zero-order valence-corrected chi connectivity index (χ0v) is 10.8. The predicted octanol–water partition coefficient (Wildman–Crippen LogP) is -0.879. The summed E-state index contributed by atoms with van der Waals surface area (Å²) in [6.45, 7) is -0.598. The molecule has 0 atom stereocenters. The van der Waals surface area contributed by atoms with Crippen LogP contribution < -0.4 is 5.73 Å². The molecule has 1 rings (SSSR count). The Morgan fingerprint density at radius 2 is 1.67 bits per heavy atom. The zero-order valence-electron chi connectivity index (χ0n) is 9.99. The Labute approximate surface area is 107 Å². The van der Waals surface area contributed by atoms with E-state index in [0.29, 0.717) is 5.56 Å². The van der Waals surface area contributed by atoms with Gasteiger partial charge in [0.15, 0.2) is 0 Å². The maximum absolute atomic E-state index is 12.3. The van der Waals surface area contributed by atoms with Crippen LogP contribution in [-0.2, 0) is 16.6 Å². The number of rotatable bonds is 7. The summed E-state index contributed by atoms with van der Waals surface area (Å²) in [6, 6.07) is 6.44. The highest BCUT2D eigenvalue weighted by Crippen LogP contribution is 2.19. The number of nitrogens with zero attached hydrogens (tertiary/aromatic N) is 1. The fourth-order valence-electron chi connectivity index (χ4n) is 1.64. The Bertz CT molecular complexity index is 470. The van der Waals surface area contributed by atoms with Gasteiger partial charge in [-0.15, -0.1) is 0 Å². The summed E-state index contributed by atoms with van der Waals surface area (Å²) in [7, 11) is -3.73. The number of hydrogen-bond donors (Lipinski definition) is 3. The summed E-state index contributed by atoms with van der Waals surface area (Å²) in [4.78, 5) is 0.120. The Balaban J connectivity index is 3.17. The third-order valence-corrected chi connectivity index (χ3v) is 4.51. The number of aliphatic hydroxyl groups excluding tert-OH is 2. The lowest BCUT2D eigenvalue weighted by molar-refractivity contribution is 0.217. The van der Waals surface area contributed by atoms with E-state index in [1.807, 2.05) is 0 Å². The van der Waals surface area contributed by atoms with Crippen LogP contribution in [0.25, 0.3) is 0 Å². The van der Waals surface area contributed by atoms with Gasteiger partial charge in [0.25, 0.3) is 0 Å². The van der Waals surface area contributed by atoms with E-state index < -0.39 is 10.0 Å². The van der Waals surface area contributed by atoms with Gasteiger partial charge >= 0.3 is 0 Å². The Kier molecular flexibility index (Phi) is 5.70. The number of sulfonamides is 1. The monoisotopic (exact) mass is 274 g/mol. The van der Waals surface area contributed by atoms with E-state index in [-0.39, 0.29) is 37.7 Å². The second-order valence-corrected chi connectivity index (χ2v) is 5.57. The van der Waals surface area contributed by atoms with Crippen molar-refractivity contribution in [1.82, 2.24) is 4.31 Å².